The lowest BCUT2D eigenvalue weighted by molar-refractivity contribution is -0.137. The molecule has 0 aliphatic rings. The van der Waals surface area contributed by atoms with E-state index in [9.17, 15) is 13.6 Å². The molecule has 2 aromatic rings. The maximum Gasteiger partial charge on any atom is 0.303 e. The van der Waals surface area contributed by atoms with Crippen molar-refractivity contribution in [2.75, 3.05) is 0 Å². The molecule has 0 fully saturated rings. The average Bonchev–Trinajstić information content (AvgIpc) is 2.38. The van der Waals surface area contributed by atoms with E-state index < -0.39 is 17.6 Å². The van der Waals surface area contributed by atoms with Crippen LogP contribution < -0.4 is 0 Å². The fraction of sp³-hybridized carbons (Fsp3) is 0.214. The number of hydrogen-bond donors (Lipinski definition) is 1. The SMILES string of the molecule is Cc1cc(-c2cc(F)ccc2F)nc(CCC(=O)O)n1. The monoisotopic (exact) mass is 278 g/mol. The lowest BCUT2D eigenvalue weighted by Gasteiger charge is -2.07. The summed E-state index contributed by atoms with van der Waals surface area (Å²) in [6.45, 7) is 1.69. The lowest BCUT2D eigenvalue weighted by atomic mass is 10.1. The van der Waals surface area contributed by atoms with Crippen molar-refractivity contribution in [2.24, 2.45) is 0 Å². The highest BCUT2D eigenvalue weighted by Crippen LogP contribution is 2.22. The number of aromatic nitrogens is 2. The summed E-state index contributed by atoms with van der Waals surface area (Å²) in [6, 6.07) is 4.64. The van der Waals surface area contributed by atoms with Crippen LogP contribution in [0.3, 0.4) is 0 Å². The Hall–Kier alpha value is -2.37. The predicted octanol–water partition coefficient (Wildman–Crippen LogP) is 2.75. The number of nitrogens with zero attached hydrogens (tertiary/aromatic N) is 2. The number of carboxylic acids is 1. The van der Waals surface area contributed by atoms with E-state index in [4.69, 9.17) is 5.11 Å². The van der Waals surface area contributed by atoms with Crippen molar-refractivity contribution in [3.05, 3.63) is 47.4 Å². The minimum atomic E-state index is -0.964. The summed E-state index contributed by atoms with van der Waals surface area (Å²) in [5.74, 6) is -1.82. The predicted molar refractivity (Wildman–Crippen MR) is 68.1 cm³/mol. The maximum atomic E-state index is 13.7. The van der Waals surface area contributed by atoms with E-state index in [0.717, 1.165) is 18.2 Å². The summed E-state index contributed by atoms with van der Waals surface area (Å²) in [5.41, 5.74) is 0.848. The zero-order chi connectivity index (χ0) is 14.7. The van der Waals surface area contributed by atoms with E-state index >= 15 is 0 Å². The van der Waals surface area contributed by atoms with E-state index in [-0.39, 0.29) is 24.1 Å². The fourth-order valence-electron chi connectivity index (χ4n) is 1.79. The molecule has 0 atom stereocenters. The number of hydrogen-bond acceptors (Lipinski definition) is 3. The van der Waals surface area contributed by atoms with Crippen molar-refractivity contribution in [1.82, 2.24) is 9.97 Å². The Bertz CT molecular complexity index is 660. The van der Waals surface area contributed by atoms with Crippen LogP contribution in [0.4, 0.5) is 8.78 Å². The number of carbonyl (C=O) groups is 1. The molecule has 0 saturated heterocycles. The Labute approximate surface area is 114 Å². The first kappa shape index (κ1) is 14.0. The lowest BCUT2D eigenvalue weighted by Crippen LogP contribution is -2.04. The molecule has 1 aromatic heterocycles. The van der Waals surface area contributed by atoms with E-state index in [0.29, 0.717) is 11.5 Å². The molecule has 1 aromatic carbocycles. The highest BCUT2D eigenvalue weighted by molar-refractivity contribution is 5.67. The third-order valence-corrected chi connectivity index (χ3v) is 2.67. The molecule has 0 saturated carbocycles. The van der Waals surface area contributed by atoms with Crippen LogP contribution in [0.15, 0.2) is 24.3 Å². The van der Waals surface area contributed by atoms with Crippen molar-refractivity contribution >= 4 is 5.97 Å². The standard InChI is InChI=1S/C14H12F2N2O2/c1-8-6-12(10-7-9(15)2-3-11(10)16)18-13(17-8)4-5-14(19)20/h2-3,6-7H,4-5H2,1H3,(H,19,20). The summed E-state index contributed by atoms with van der Waals surface area (Å²) in [5, 5.41) is 8.65. The molecule has 0 amide bonds. The first-order valence-electron chi connectivity index (χ1n) is 5.97. The molecule has 1 N–H and O–H groups in total. The third kappa shape index (κ3) is 3.34. The van der Waals surface area contributed by atoms with Crippen molar-refractivity contribution in [3.63, 3.8) is 0 Å². The van der Waals surface area contributed by atoms with Crippen LogP contribution in [-0.2, 0) is 11.2 Å². The van der Waals surface area contributed by atoms with Crippen LogP contribution in [0, 0.1) is 18.6 Å². The van der Waals surface area contributed by atoms with Crippen LogP contribution in [-0.4, -0.2) is 21.0 Å². The fourth-order valence-corrected chi connectivity index (χ4v) is 1.79. The van der Waals surface area contributed by atoms with Gasteiger partial charge in [0, 0.05) is 17.7 Å². The summed E-state index contributed by atoms with van der Waals surface area (Å²) >= 11 is 0. The van der Waals surface area contributed by atoms with Crippen molar-refractivity contribution in [3.8, 4) is 11.3 Å². The number of aryl methyl sites for hydroxylation is 2. The molecular formula is C14H12F2N2O2. The van der Waals surface area contributed by atoms with Gasteiger partial charge in [-0.2, -0.15) is 0 Å². The summed E-state index contributed by atoms with van der Waals surface area (Å²) < 4.78 is 26.9. The van der Waals surface area contributed by atoms with Crippen molar-refractivity contribution in [2.45, 2.75) is 19.8 Å². The molecule has 1 heterocycles. The largest absolute Gasteiger partial charge is 0.481 e. The van der Waals surface area contributed by atoms with Gasteiger partial charge in [-0.15, -0.1) is 0 Å². The number of carboxylic acid groups (broad SMARTS) is 1. The number of aliphatic carboxylic acids is 1. The van der Waals surface area contributed by atoms with E-state index in [1.807, 2.05) is 0 Å². The normalized spacial score (nSPS) is 10.6. The number of halogens is 2. The van der Waals surface area contributed by atoms with Crippen LogP contribution in [0.25, 0.3) is 11.3 Å². The zero-order valence-corrected chi connectivity index (χ0v) is 10.7. The minimum absolute atomic E-state index is 0.0343. The van der Waals surface area contributed by atoms with Crippen molar-refractivity contribution < 1.29 is 18.7 Å². The van der Waals surface area contributed by atoms with Gasteiger partial charge in [0.15, 0.2) is 0 Å². The Kier molecular flexibility index (Phi) is 4.02. The number of rotatable bonds is 4. The molecule has 104 valence electrons. The van der Waals surface area contributed by atoms with E-state index in [2.05, 4.69) is 9.97 Å². The smallest absolute Gasteiger partial charge is 0.303 e. The second-order valence-electron chi connectivity index (χ2n) is 4.33. The third-order valence-electron chi connectivity index (χ3n) is 2.67. The molecule has 6 heteroatoms. The molecule has 0 aliphatic carbocycles. The van der Waals surface area contributed by atoms with Crippen LogP contribution in [0.1, 0.15) is 17.9 Å². The quantitative estimate of drug-likeness (QED) is 0.934. The first-order valence-corrected chi connectivity index (χ1v) is 5.97. The second kappa shape index (κ2) is 5.73. The van der Waals surface area contributed by atoms with Gasteiger partial charge in [-0.1, -0.05) is 0 Å². The van der Waals surface area contributed by atoms with Crippen LogP contribution in [0.2, 0.25) is 0 Å². The summed E-state index contributed by atoms with van der Waals surface area (Å²) in [4.78, 5) is 18.7. The molecule has 0 spiro atoms. The van der Waals surface area contributed by atoms with Gasteiger partial charge >= 0.3 is 5.97 Å². The Morgan fingerprint density at radius 2 is 2.00 bits per heavy atom. The van der Waals surface area contributed by atoms with Crippen LogP contribution >= 0.6 is 0 Å². The van der Waals surface area contributed by atoms with Gasteiger partial charge in [0.25, 0.3) is 0 Å². The molecule has 0 unspecified atom stereocenters. The maximum absolute atomic E-state index is 13.7. The number of benzene rings is 1. The molecule has 20 heavy (non-hydrogen) atoms. The zero-order valence-electron chi connectivity index (χ0n) is 10.7. The molecule has 0 bridgehead atoms. The van der Waals surface area contributed by atoms with Gasteiger partial charge in [0.2, 0.25) is 0 Å². The molecule has 0 aliphatic heterocycles. The van der Waals surface area contributed by atoms with E-state index in [1.165, 1.54) is 6.07 Å². The van der Waals surface area contributed by atoms with E-state index in [1.54, 1.807) is 6.92 Å². The molecular weight excluding hydrogens is 266 g/mol. The molecule has 0 radical (unpaired) electrons. The summed E-state index contributed by atoms with van der Waals surface area (Å²) in [7, 11) is 0. The van der Waals surface area contributed by atoms with Gasteiger partial charge < -0.3 is 5.11 Å². The average molecular weight is 278 g/mol. The topological polar surface area (TPSA) is 63.1 Å². The second-order valence-corrected chi connectivity index (χ2v) is 4.33. The minimum Gasteiger partial charge on any atom is -0.481 e. The molecule has 2 rings (SSSR count). The van der Waals surface area contributed by atoms with Gasteiger partial charge in [0.05, 0.1) is 12.1 Å². The Balaban J connectivity index is 2.41. The highest BCUT2D eigenvalue weighted by atomic mass is 19.1. The van der Waals surface area contributed by atoms with Gasteiger partial charge in [-0.05, 0) is 31.2 Å². The van der Waals surface area contributed by atoms with Gasteiger partial charge in [-0.3, -0.25) is 4.79 Å². The van der Waals surface area contributed by atoms with Crippen molar-refractivity contribution in [1.29, 1.82) is 0 Å². The Morgan fingerprint density at radius 3 is 2.70 bits per heavy atom. The van der Waals surface area contributed by atoms with Crippen LogP contribution in [0.5, 0.6) is 0 Å². The highest BCUT2D eigenvalue weighted by Gasteiger charge is 2.11. The van der Waals surface area contributed by atoms with Gasteiger partial charge in [0.1, 0.15) is 17.5 Å². The summed E-state index contributed by atoms with van der Waals surface area (Å²) in [6.07, 6.45) is 0.0233. The van der Waals surface area contributed by atoms with Gasteiger partial charge in [-0.25, -0.2) is 18.7 Å². The first-order chi connectivity index (χ1) is 9.45. The molecule has 4 nitrogen and oxygen atoms in total. The Morgan fingerprint density at radius 1 is 1.25 bits per heavy atom.